The Morgan fingerprint density at radius 1 is 1.11 bits per heavy atom. The summed E-state index contributed by atoms with van der Waals surface area (Å²) >= 11 is 1.24. The number of nitrogens with one attached hydrogen (secondary N) is 1. The standard InChI is InChI=1S/C28H25FN4O3S/c1-15-7-6-10-23(16(15)2)31-24(35)14-37-28-21-11-20-18(13-34)12-30-17(3)25(20)36-27(21)32-26(33-28)19-8-4-5-9-22(19)29/h4-10,12,34H,11,13-14H2,1-3H3,(H,31,35). The Morgan fingerprint density at radius 3 is 2.70 bits per heavy atom. The van der Waals surface area contributed by atoms with Crippen LogP contribution < -0.4 is 10.1 Å². The number of fused-ring (bicyclic) bond motifs is 2. The normalized spacial score (nSPS) is 11.9. The van der Waals surface area contributed by atoms with E-state index < -0.39 is 5.82 Å². The molecule has 0 saturated heterocycles. The number of aliphatic hydroxyl groups excluding tert-OH is 1. The number of aliphatic hydroxyl groups is 1. The number of nitrogens with zero attached hydrogens (tertiary/aromatic N) is 3. The van der Waals surface area contributed by atoms with E-state index in [9.17, 15) is 14.3 Å². The quantitative estimate of drug-likeness (QED) is 0.226. The Morgan fingerprint density at radius 2 is 1.92 bits per heavy atom. The molecule has 2 aromatic heterocycles. The van der Waals surface area contributed by atoms with Crippen molar-refractivity contribution in [1.29, 1.82) is 0 Å². The van der Waals surface area contributed by atoms with E-state index in [4.69, 9.17) is 4.74 Å². The molecule has 1 aliphatic rings. The maximum absolute atomic E-state index is 14.6. The minimum Gasteiger partial charge on any atom is -0.436 e. The number of carbonyl (C=O) groups excluding carboxylic acids is 1. The lowest BCUT2D eigenvalue weighted by atomic mass is 9.99. The Labute approximate surface area is 218 Å². The molecule has 3 heterocycles. The molecule has 2 aromatic carbocycles. The van der Waals surface area contributed by atoms with Gasteiger partial charge in [0.05, 0.1) is 29.2 Å². The number of anilines is 1. The van der Waals surface area contributed by atoms with Crippen molar-refractivity contribution in [2.45, 2.75) is 38.8 Å². The Kier molecular flexibility index (Phi) is 6.90. The first-order chi connectivity index (χ1) is 17.9. The third kappa shape index (κ3) is 4.92. The van der Waals surface area contributed by atoms with Crippen molar-refractivity contribution in [3.63, 3.8) is 0 Å². The van der Waals surface area contributed by atoms with Crippen LogP contribution in [0.15, 0.2) is 53.7 Å². The summed E-state index contributed by atoms with van der Waals surface area (Å²) in [6.07, 6.45) is 2.02. The first kappa shape index (κ1) is 24.9. The summed E-state index contributed by atoms with van der Waals surface area (Å²) in [5, 5.41) is 13.3. The molecule has 2 N–H and O–H groups in total. The molecule has 0 aliphatic carbocycles. The van der Waals surface area contributed by atoms with Crippen LogP contribution in [0.2, 0.25) is 0 Å². The van der Waals surface area contributed by atoms with Gasteiger partial charge in [-0.25, -0.2) is 9.37 Å². The SMILES string of the molecule is Cc1cccc(NC(=O)CSc2nc(-c3ccccc3F)nc3c2Cc2c(CO)cnc(C)c2O3)c1C. The number of hydrogen-bond donors (Lipinski definition) is 2. The zero-order chi connectivity index (χ0) is 26.1. The number of halogens is 1. The van der Waals surface area contributed by atoms with Gasteiger partial charge in [0.2, 0.25) is 11.8 Å². The molecule has 7 nitrogen and oxygen atoms in total. The molecule has 0 unspecified atom stereocenters. The summed E-state index contributed by atoms with van der Waals surface area (Å²) in [4.78, 5) is 26.4. The minimum absolute atomic E-state index is 0.0859. The van der Waals surface area contributed by atoms with Gasteiger partial charge in [-0.3, -0.25) is 9.78 Å². The molecular formula is C28H25FN4O3S. The van der Waals surface area contributed by atoms with Crippen molar-refractivity contribution in [2.24, 2.45) is 0 Å². The molecule has 0 radical (unpaired) electrons. The van der Waals surface area contributed by atoms with Crippen LogP contribution in [-0.4, -0.2) is 31.7 Å². The van der Waals surface area contributed by atoms with E-state index in [2.05, 4.69) is 20.3 Å². The third-order valence-electron chi connectivity index (χ3n) is 6.39. The van der Waals surface area contributed by atoms with E-state index in [1.54, 1.807) is 24.4 Å². The predicted octanol–water partition coefficient (Wildman–Crippen LogP) is 5.52. The van der Waals surface area contributed by atoms with Gasteiger partial charge in [0.1, 0.15) is 10.8 Å². The van der Waals surface area contributed by atoms with Crippen molar-refractivity contribution in [3.8, 4) is 23.0 Å². The summed E-state index contributed by atoms with van der Waals surface area (Å²) in [5.41, 5.74) is 5.87. The molecule has 5 rings (SSSR count). The molecule has 37 heavy (non-hydrogen) atoms. The Bertz CT molecular complexity index is 1530. The van der Waals surface area contributed by atoms with E-state index >= 15 is 0 Å². The summed E-state index contributed by atoms with van der Waals surface area (Å²) < 4.78 is 20.8. The van der Waals surface area contributed by atoms with Crippen LogP contribution in [0.1, 0.15) is 33.5 Å². The molecule has 1 aliphatic heterocycles. The van der Waals surface area contributed by atoms with Gasteiger partial charge < -0.3 is 15.2 Å². The number of hydrogen-bond acceptors (Lipinski definition) is 7. The number of amides is 1. The maximum atomic E-state index is 14.6. The Balaban J connectivity index is 1.50. The molecule has 188 valence electrons. The van der Waals surface area contributed by atoms with E-state index in [-0.39, 0.29) is 35.5 Å². The number of benzene rings is 2. The van der Waals surface area contributed by atoms with Gasteiger partial charge >= 0.3 is 0 Å². The van der Waals surface area contributed by atoms with Crippen LogP contribution in [0.3, 0.4) is 0 Å². The number of carbonyl (C=O) groups is 1. The van der Waals surface area contributed by atoms with Crippen molar-refractivity contribution in [3.05, 3.63) is 88.0 Å². The van der Waals surface area contributed by atoms with E-state index in [0.717, 1.165) is 22.4 Å². The van der Waals surface area contributed by atoms with Crippen molar-refractivity contribution in [2.75, 3.05) is 11.1 Å². The molecule has 0 atom stereocenters. The lowest BCUT2D eigenvalue weighted by Gasteiger charge is -2.24. The third-order valence-corrected chi connectivity index (χ3v) is 7.41. The fourth-order valence-electron chi connectivity index (χ4n) is 4.18. The summed E-state index contributed by atoms with van der Waals surface area (Å²) in [6.45, 7) is 5.58. The molecule has 0 saturated carbocycles. The minimum atomic E-state index is -0.456. The monoisotopic (exact) mass is 516 g/mol. The molecule has 0 bridgehead atoms. The molecule has 4 aromatic rings. The maximum Gasteiger partial charge on any atom is 0.234 e. The van der Waals surface area contributed by atoms with Gasteiger partial charge in [0.25, 0.3) is 0 Å². The number of pyridine rings is 1. The zero-order valence-corrected chi connectivity index (χ0v) is 21.4. The molecule has 9 heteroatoms. The van der Waals surface area contributed by atoms with E-state index in [1.807, 2.05) is 39.0 Å². The summed E-state index contributed by atoms with van der Waals surface area (Å²) in [7, 11) is 0. The largest absolute Gasteiger partial charge is 0.436 e. The first-order valence-electron chi connectivity index (χ1n) is 11.8. The highest BCUT2D eigenvalue weighted by atomic mass is 32.2. The summed E-state index contributed by atoms with van der Waals surface area (Å²) in [5.74, 6) is 0.429. The number of aromatic nitrogens is 3. The number of aryl methyl sites for hydroxylation is 2. The van der Waals surface area contributed by atoms with E-state index in [1.165, 1.54) is 17.8 Å². The van der Waals surface area contributed by atoms with Gasteiger partial charge in [-0.05, 0) is 50.1 Å². The van der Waals surface area contributed by atoms with Gasteiger partial charge in [-0.1, -0.05) is 36.0 Å². The smallest absolute Gasteiger partial charge is 0.234 e. The predicted molar refractivity (Wildman–Crippen MR) is 140 cm³/mol. The van der Waals surface area contributed by atoms with Gasteiger partial charge in [0.15, 0.2) is 11.6 Å². The Hall–Kier alpha value is -3.82. The van der Waals surface area contributed by atoms with Gasteiger partial charge in [-0.2, -0.15) is 4.98 Å². The van der Waals surface area contributed by atoms with Crippen molar-refractivity contribution >= 4 is 23.4 Å². The lowest BCUT2D eigenvalue weighted by molar-refractivity contribution is -0.113. The second-order valence-electron chi connectivity index (χ2n) is 8.81. The van der Waals surface area contributed by atoms with Crippen LogP contribution in [0.5, 0.6) is 11.6 Å². The fraction of sp³-hybridized carbons (Fsp3) is 0.214. The highest BCUT2D eigenvalue weighted by Gasteiger charge is 2.28. The average molecular weight is 517 g/mol. The fourth-order valence-corrected chi connectivity index (χ4v) is 5.01. The van der Waals surface area contributed by atoms with Crippen LogP contribution in [-0.2, 0) is 17.8 Å². The second-order valence-corrected chi connectivity index (χ2v) is 9.78. The number of thioether (sulfide) groups is 1. The van der Waals surface area contributed by atoms with Crippen LogP contribution in [0.4, 0.5) is 10.1 Å². The zero-order valence-electron chi connectivity index (χ0n) is 20.6. The summed E-state index contributed by atoms with van der Waals surface area (Å²) in [6, 6.07) is 12.0. The second kappa shape index (κ2) is 10.3. The van der Waals surface area contributed by atoms with Crippen molar-refractivity contribution in [1.82, 2.24) is 15.0 Å². The van der Waals surface area contributed by atoms with Crippen LogP contribution in [0.25, 0.3) is 11.4 Å². The highest BCUT2D eigenvalue weighted by Crippen LogP contribution is 2.42. The molecular weight excluding hydrogens is 491 g/mol. The van der Waals surface area contributed by atoms with Gasteiger partial charge in [0, 0.05) is 29.4 Å². The molecule has 0 fully saturated rings. The molecule has 1 amide bonds. The van der Waals surface area contributed by atoms with E-state index in [0.29, 0.717) is 34.0 Å². The van der Waals surface area contributed by atoms with Crippen LogP contribution >= 0.6 is 11.8 Å². The first-order valence-corrected chi connectivity index (χ1v) is 12.7. The highest BCUT2D eigenvalue weighted by molar-refractivity contribution is 8.00. The van der Waals surface area contributed by atoms with Gasteiger partial charge in [-0.15, -0.1) is 0 Å². The lowest BCUT2D eigenvalue weighted by Crippen LogP contribution is -2.17. The molecule has 0 spiro atoms. The topological polar surface area (TPSA) is 97.2 Å². The van der Waals surface area contributed by atoms with Crippen molar-refractivity contribution < 1.29 is 19.0 Å². The van der Waals surface area contributed by atoms with Crippen LogP contribution in [0, 0.1) is 26.6 Å². The number of rotatable bonds is 6. The number of ether oxygens (including phenoxy) is 1. The average Bonchev–Trinajstić information content (AvgIpc) is 2.89.